The van der Waals surface area contributed by atoms with E-state index in [2.05, 4.69) is 23.6 Å². The molecule has 2 atom stereocenters. The third-order valence-electron chi connectivity index (χ3n) is 8.28. The SMILES string of the molecule is [C-]#[N+]CCC1CCN([C@@H]2CC[C@@](C(=O)N3COc4ccc(C(F)(F)F)cc4C3)(C(C)C)C2)CC1. The Bertz CT molecular complexity index is 934. The summed E-state index contributed by atoms with van der Waals surface area (Å²) < 4.78 is 45.3. The minimum absolute atomic E-state index is 0.00000469. The molecule has 2 heterocycles. The van der Waals surface area contributed by atoms with Crippen molar-refractivity contribution >= 4 is 5.91 Å². The summed E-state index contributed by atoms with van der Waals surface area (Å²) in [6, 6.07) is 3.83. The van der Waals surface area contributed by atoms with Gasteiger partial charge in [0.2, 0.25) is 12.5 Å². The monoisotopic (exact) mass is 477 g/mol. The molecule has 0 bridgehead atoms. The number of piperidine rings is 1. The molecule has 0 unspecified atom stereocenters. The fourth-order valence-electron chi connectivity index (χ4n) is 6.04. The van der Waals surface area contributed by atoms with Crippen LogP contribution in [-0.4, -0.2) is 48.1 Å². The number of carbonyl (C=O) groups is 1. The van der Waals surface area contributed by atoms with Crippen LogP contribution < -0.4 is 4.74 Å². The summed E-state index contributed by atoms with van der Waals surface area (Å²) >= 11 is 0. The van der Waals surface area contributed by atoms with Crippen LogP contribution in [0.5, 0.6) is 5.75 Å². The molecule has 1 aromatic rings. The lowest BCUT2D eigenvalue weighted by Crippen LogP contribution is -2.49. The second-order valence-electron chi connectivity index (χ2n) is 10.5. The second kappa shape index (κ2) is 9.77. The Kier molecular flexibility index (Phi) is 7.14. The fourth-order valence-corrected chi connectivity index (χ4v) is 6.04. The van der Waals surface area contributed by atoms with Gasteiger partial charge < -0.3 is 19.4 Å². The Morgan fingerprint density at radius 3 is 2.65 bits per heavy atom. The third kappa shape index (κ3) is 4.91. The van der Waals surface area contributed by atoms with Crippen molar-refractivity contribution < 1.29 is 22.7 Å². The van der Waals surface area contributed by atoms with E-state index in [4.69, 9.17) is 11.3 Å². The van der Waals surface area contributed by atoms with Crippen molar-refractivity contribution in [2.24, 2.45) is 17.3 Å². The molecule has 1 saturated carbocycles. The smallest absolute Gasteiger partial charge is 0.416 e. The molecular weight excluding hydrogens is 443 g/mol. The topological polar surface area (TPSA) is 37.1 Å². The van der Waals surface area contributed by atoms with Crippen LogP contribution >= 0.6 is 0 Å². The van der Waals surface area contributed by atoms with Crippen LogP contribution in [-0.2, 0) is 17.5 Å². The van der Waals surface area contributed by atoms with E-state index in [1.54, 1.807) is 4.90 Å². The van der Waals surface area contributed by atoms with Crippen LogP contribution in [0.1, 0.15) is 63.5 Å². The highest BCUT2D eigenvalue weighted by Crippen LogP contribution is 2.48. The average Bonchev–Trinajstić information content (AvgIpc) is 3.28. The minimum Gasteiger partial charge on any atom is -0.473 e. The zero-order valence-electron chi connectivity index (χ0n) is 20.0. The Hall–Kier alpha value is -2.27. The van der Waals surface area contributed by atoms with Crippen molar-refractivity contribution in [3.05, 3.63) is 40.7 Å². The summed E-state index contributed by atoms with van der Waals surface area (Å²) in [6.45, 7) is 14.0. The molecule has 8 heteroatoms. The number of fused-ring (bicyclic) bond motifs is 1. The summed E-state index contributed by atoms with van der Waals surface area (Å²) in [7, 11) is 0. The van der Waals surface area contributed by atoms with Gasteiger partial charge in [-0.15, -0.1) is 0 Å². The number of carbonyl (C=O) groups excluding carboxylic acids is 1. The van der Waals surface area contributed by atoms with Gasteiger partial charge in [0, 0.05) is 18.0 Å². The van der Waals surface area contributed by atoms with Crippen LogP contribution in [0, 0.1) is 23.8 Å². The summed E-state index contributed by atoms with van der Waals surface area (Å²) in [4.78, 5) is 21.4. The molecule has 5 nitrogen and oxygen atoms in total. The first-order valence-corrected chi connectivity index (χ1v) is 12.3. The van der Waals surface area contributed by atoms with Crippen LogP contribution in [0.25, 0.3) is 4.85 Å². The van der Waals surface area contributed by atoms with E-state index in [0.29, 0.717) is 29.8 Å². The number of benzene rings is 1. The number of ether oxygens (including phenoxy) is 1. The summed E-state index contributed by atoms with van der Waals surface area (Å²) in [5.41, 5.74) is -0.832. The molecule has 3 aliphatic rings. The number of alkyl halides is 3. The Morgan fingerprint density at radius 2 is 2.00 bits per heavy atom. The second-order valence-corrected chi connectivity index (χ2v) is 10.5. The van der Waals surface area contributed by atoms with E-state index in [0.717, 1.165) is 63.7 Å². The minimum atomic E-state index is -4.43. The predicted octanol–water partition coefficient (Wildman–Crippen LogP) is 5.60. The molecular formula is C26H34F3N3O2. The van der Waals surface area contributed by atoms with Crippen molar-refractivity contribution in [1.82, 2.24) is 9.80 Å². The van der Waals surface area contributed by atoms with E-state index < -0.39 is 17.2 Å². The zero-order valence-corrected chi connectivity index (χ0v) is 20.0. The predicted molar refractivity (Wildman–Crippen MR) is 123 cm³/mol. The molecule has 2 aliphatic heterocycles. The molecule has 1 amide bonds. The van der Waals surface area contributed by atoms with Crippen LogP contribution in [0.2, 0.25) is 0 Å². The average molecular weight is 478 g/mol. The third-order valence-corrected chi connectivity index (χ3v) is 8.28. The van der Waals surface area contributed by atoms with Gasteiger partial charge in [0.1, 0.15) is 5.75 Å². The number of amides is 1. The molecule has 1 saturated heterocycles. The van der Waals surface area contributed by atoms with Gasteiger partial charge >= 0.3 is 6.18 Å². The Labute approximate surface area is 200 Å². The Morgan fingerprint density at radius 1 is 1.26 bits per heavy atom. The maximum Gasteiger partial charge on any atom is 0.416 e. The maximum atomic E-state index is 13.8. The summed E-state index contributed by atoms with van der Waals surface area (Å²) in [5, 5.41) is 0. The van der Waals surface area contributed by atoms with Gasteiger partial charge in [-0.3, -0.25) is 4.79 Å². The van der Waals surface area contributed by atoms with Gasteiger partial charge in [-0.2, -0.15) is 13.2 Å². The van der Waals surface area contributed by atoms with Crippen molar-refractivity contribution in [2.75, 3.05) is 26.4 Å². The van der Waals surface area contributed by atoms with E-state index in [-0.39, 0.29) is 25.1 Å². The van der Waals surface area contributed by atoms with Gasteiger partial charge in [0.15, 0.2) is 6.73 Å². The van der Waals surface area contributed by atoms with Crippen molar-refractivity contribution in [3.63, 3.8) is 0 Å². The van der Waals surface area contributed by atoms with Crippen LogP contribution in [0.3, 0.4) is 0 Å². The van der Waals surface area contributed by atoms with Gasteiger partial charge in [-0.05, 0) is 75.2 Å². The molecule has 0 N–H and O–H groups in total. The molecule has 1 aliphatic carbocycles. The molecule has 34 heavy (non-hydrogen) atoms. The van der Waals surface area contributed by atoms with Gasteiger partial charge in [0.05, 0.1) is 17.5 Å². The zero-order chi connectivity index (χ0) is 24.5. The lowest BCUT2D eigenvalue weighted by atomic mass is 9.74. The molecule has 0 spiro atoms. The molecule has 0 aromatic heterocycles. The first kappa shape index (κ1) is 24.8. The lowest BCUT2D eigenvalue weighted by molar-refractivity contribution is -0.150. The van der Waals surface area contributed by atoms with Crippen LogP contribution in [0.15, 0.2) is 18.2 Å². The number of hydrogen-bond donors (Lipinski definition) is 0. The molecule has 2 fully saturated rings. The van der Waals surface area contributed by atoms with E-state index in [1.165, 1.54) is 6.07 Å². The maximum absolute atomic E-state index is 13.8. The number of hydrogen-bond acceptors (Lipinski definition) is 3. The number of likely N-dealkylation sites (tertiary alicyclic amines) is 1. The normalized spacial score (nSPS) is 26.3. The highest BCUT2D eigenvalue weighted by atomic mass is 19.4. The van der Waals surface area contributed by atoms with E-state index in [9.17, 15) is 18.0 Å². The number of halogens is 3. The number of nitrogens with zero attached hydrogens (tertiary/aromatic N) is 3. The highest BCUT2D eigenvalue weighted by Gasteiger charge is 2.51. The van der Waals surface area contributed by atoms with E-state index >= 15 is 0 Å². The standard InChI is InChI=1S/C26H34F3N3O2/c1-18(2)25(10-6-22(15-25)31-12-8-19(9-13-31)7-11-30-3)24(33)32-16-20-14-21(26(27,28)29)4-5-23(20)34-17-32/h4-5,14,18-19,22H,6-13,15-17H2,1-2H3/t22-,25+/m1/s1. The fraction of sp³-hybridized carbons (Fsp3) is 0.692. The van der Waals surface area contributed by atoms with Crippen LogP contribution in [0.4, 0.5) is 13.2 Å². The van der Waals surface area contributed by atoms with Crippen molar-refractivity contribution in [1.29, 1.82) is 0 Å². The molecule has 186 valence electrons. The largest absolute Gasteiger partial charge is 0.473 e. The first-order chi connectivity index (χ1) is 16.1. The van der Waals surface area contributed by atoms with E-state index in [1.807, 2.05) is 0 Å². The van der Waals surface area contributed by atoms with Crippen molar-refractivity contribution in [3.8, 4) is 5.75 Å². The molecule has 4 rings (SSSR count). The summed E-state index contributed by atoms with van der Waals surface area (Å²) in [6.07, 6.45) is 1.28. The molecule has 0 radical (unpaired) electrons. The van der Waals surface area contributed by atoms with Gasteiger partial charge in [-0.1, -0.05) is 13.8 Å². The Balaban J connectivity index is 1.44. The summed E-state index contributed by atoms with van der Waals surface area (Å²) in [5.74, 6) is 1.17. The number of rotatable bonds is 5. The van der Waals surface area contributed by atoms with Crippen molar-refractivity contribution in [2.45, 2.75) is 71.1 Å². The quantitative estimate of drug-likeness (QED) is 0.518. The van der Waals surface area contributed by atoms with Gasteiger partial charge in [0.25, 0.3) is 0 Å². The lowest BCUT2D eigenvalue weighted by Gasteiger charge is -2.41. The first-order valence-electron chi connectivity index (χ1n) is 12.3. The van der Waals surface area contributed by atoms with Gasteiger partial charge in [-0.25, -0.2) is 6.57 Å². The molecule has 1 aromatic carbocycles. The highest BCUT2D eigenvalue weighted by molar-refractivity contribution is 5.83.